The molecule has 2 aromatic carbocycles. The Morgan fingerprint density at radius 3 is 2.48 bits per heavy atom. The molecule has 0 aliphatic carbocycles. The van der Waals surface area contributed by atoms with Crippen LogP contribution < -0.4 is 14.9 Å². The molecular weight excluding hydrogens is 292 g/mol. The molecule has 0 saturated carbocycles. The van der Waals surface area contributed by atoms with Crippen molar-refractivity contribution in [2.24, 2.45) is 5.10 Å². The summed E-state index contributed by atoms with van der Waals surface area (Å²) < 4.78 is 10.4. The van der Waals surface area contributed by atoms with Crippen LogP contribution in [-0.4, -0.2) is 25.8 Å². The number of aryl methyl sites for hydroxylation is 1. The highest BCUT2D eigenvalue weighted by atomic mass is 16.5. The number of carbonyl (C=O) groups is 1. The van der Waals surface area contributed by atoms with Crippen molar-refractivity contribution in [2.75, 3.05) is 13.7 Å². The van der Waals surface area contributed by atoms with E-state index in [1.807, 2.05) is 18.2 Å². The molecule has 23 heavy (non-hydrogen) atoms. The molecule has 0 spiro atoms. The number of amides is 1. The van der Waals surface area contributed by atoms with Gasteiger partial charge in [0, 0.05) is 6.21 Å². The second-order valence-electron chi connectivity index (χ2n) is 4.84. The van der Waals surface area contributed by atoms with Crippen LogP contribution in [-0.2, 0) is 11.2 Å². The van der Waals surface area contributed by atoms with Gasteiger partial charge in [-0.15, -0.1) is 0 Å². The zero-order valence-corrected chi connectivity index (χ0v) is 13.1. The summed E-state index contributed by atoms with van der Waals surface area (Å²) in [6.07, 6.45) is 3.35. The highest BCUT2D eigenvalue weighted by Gasteiger charge is 2.01. The summed E-state index contributed by atoms with van der Waals surface area (Å²) in [6.45, 7) is -0.0810. The fourth-order valence-electron chi connectivity index (χ4n) is 1.91. The number of hydrazone groups is 1. The molecule has 0 bridgehead atoms. The Morgan fingerprint density at radius 2 is 1.78 bits per heavy atom. The van der Waals surface area contributed by atoms with Crippen molar-refractivity contribution in [3.63, 3.8) is 0 Å². The van der Waals surface area contributed by atoms with E-state index in [1.54, 1.807) is 37.6 Å². The molecule has 1 N–H and O–H groups in total. The van der Waals surface area contributed by atoms with Gasteiger partial charge in [0.2, 0.25) is 0 Å². The lowest BCUT2D eigenvalue weighted by molar-refractivity contribution is -0.123. The molecule has 0 aromatic heterocycles. The molecule has 0 atom stereocenters. The maximum Gasteiger partial charge on any atom is 0.277 e. The van der Waals surface area contributed by atoms with Gasteiger partial charge in [0.15, 0.2) is 6.61 Å². The van der Waals surface area contributed by atoms with Crippen molar-refractivity contribution < 1.29 is 14.3 Å². The molecule has 5 heteroatoms. The van der Waals surface area contributed by atoms with Crippen molar-refractivity contribution in [1.29, 1.82) is 0 Å². The molecule has 2 rings (SSSR count). The van der Waals surface area contributed by atoms with Crippen molar-refractivity contribution in [3.05, 3.63) is 60.2 Å². The average molecular weight is 312 g/mol. The summed E-state index contributed by atoms with van der Waals surface area (Å²) in [5.41, 5.74) is 3.69. The van der Waals surface area contributed by atoms with Gasteiger partial charge in [0.1, 0.15) is 11.5 Å². The monoisotopic (exact) mass is 312 g/mol. The normalized spacial score (nSPS) is 10.5. The van der Waals surface area contributed by atoms with Crippen molar-refractivity contribution in [2.45, 2.75) is 12.8 Å². The van der Waals surface area contributed by atoms with Crippen LogP contribution in [0.15, 0.2) is 59.7 Å². The standard InChI is InChI=1S/C18H20N2O3/c1-22-16-9-11-17(12-10-16)23-14-18(21)20-19-13-5-8-15-6-3-2-4-7-15/h2-4,6-7,9-13H,5,8,14H2,1H3,(H,20,21)/b19-13+. The number of nitrogens with one attached hydrogen (secondary N) is 1. The Balaban J connectivity index is 1.63. The van der Waals surface area contributed by atoms with Gasteiger partial charge in [-0.1, -0.05) is 30.3 Å². The first-order chi connectivity index (χ1) is 11.3. The predicted octanol–water partition coefficient (Wildman–Crippen LogP) is 2.81. The van der Waals surface area contributed by atoms with Crippen LogP contribution in [0.1, 0.15) is 12.0 Å². The molecule has 120 valence electrons. The number of rotatable bonds is 8. The molecular formula is C18H20N2O3. The third-order valence-electron chi connectivity index (χ3n) is 3.11. The molecule has 0 heterocycles. The van der Waals surface area contributed by atoms with E-state index in [2.05, 4.69) is 22.7 Å². The second-order valence-corrected chi connectivity index (χ2v) is 4.84. The fraction of sp³-hybridized carbons (Fsp3) is 0.222. The maximum absolute atomic E-state index is 11.6. The summed E-state index contributed by atoms with van der Waals surface area (Å²) in [7, 11) is 1.60. The number of carbonyl (C=O) groups excluding carboxylic acids is 1. The van der Waals surface area contributed by atoms with Crippen LogP contribution in [0.4, 0.5) is 0 Å². The van der Waals surface area contributed by atoms with Gasteiger partial charge in [0.25, 0.3) is 5.91 Å². The van der Waals surface area contributed by atoms with E-state index in [1.165, 1.54) is 5.56 Å². The number of benzene rings is 2. The summed E-state index contributed by atoms with van der Waals surface area (Å²) >= 11 is 0. The van der Waals surface area contributed by atoms with Crippen molar-refractivity contribution in [3.8, 4) is 11.5 Å². The van der Waals surface area contributed by atoms with Crippen LogP contribution >= 0.6 is 0 Å². The number of ether oxygens (including phenoxy) is 2. The first kappa shape index (κ1) is 16.5. The van der Waals surface area contributed by atoms with Gasteiger partial charge in [-0.3, -0.25) is 4.79 Å². The lowest BCUT2D eigenvalue weighted by atomic mass is 10.1. The fourth-order valence-corrected chi connectivity index (χ4v) is 1.91. The Kier molecular flexibility index (Phi) is 6.65. The van der Waals surface area contributed by atoms with E-state index in [-0.39, 0.29) is 12.5 Å². The van der Waals surface area contributed by atoms with Crippen LogP contribution in [0, 0.1) is 0 Å². The lowest BCUT2D eigenvalue weighted by Crippen LogP contribution is -2.24. The highest BCUT2D eigenvalue weighted by molar-refractivity contribution is 5.78. The van der Waals surface area contributed by atoms with Crippen LogP contribution in [0.5, 0.6) is 11.5 Å². The van der Waals surface area contributed by atoms with E-state index in [4.69, 9.17) is 9.47 Å². The second kappa shape index (κ2) is 9.25. The molecule has 0 aliphatic rings. The number of nitrogens with zero attached hydrogens (tertiary/aromatic N) is 1. The van der Waals surface area contributed by atoms with Crippen molar-refractivity contribution in [1.82, 2.24) is 5.43 Å². The van der Waals surface area contributed by atoms with E-state index in [0.717, 1.165) is 18.6 Å². The topological polar surface area (TPSA) is 59.9 Å². The van der Waals surface area contributed by atoms with Gasteiger partial charge in [0.05, 0.1) is 7.11 Å². The van der Waals surface area contributed by atoms with Crippen molar-refractivity contribution >= 4 is 12.1 Å². The Bertz CT molecular complexity index is 624. The number of hydrogen-bond acceptors (Lipinski definition) is 4. The Labute approximate surface area is 135 Å². The molecule has 5 nitrogen and oxygen atoms in total. The zero-order chi connectivity index (χ0) is 16.3. The largest absolute Gasteiger partial charge is 0.497 e. The van der Waals surface area contributed by atoms with E-state index in [0.29, 0.717) is 5.75 Å². The minimum absolute atomic E-state index is 0.0810. The van der Waals surface area contributed by atoms with Gasteiger partial charge < -0.3 is 9.47 Å². The van der Waals surface area contributed by atoms with E-state index in [9.17, 15) is 4.79 Å². The van der Waals surface area contributed by atoms with E-state index < -0.39 is 0 Å². The zero-order valence-electron chi connectivity index (χ0n) is 13.1. The smallest absolute Gasteiger partial charge is 0.277 e. The Morgan fingerprint density at radius 1 is 1.09 bits per heavy atom. The minimum atomic E-state index is -0.295. The molecule has 0 unspecified atom stereocenters. The summed E-state index contributed by atoms with van der Waals surface area (Å²) in [5, 5.41) is 3.90. The van der Waals surface area contributed by atoms with Crippen LogP contribution in [0.3, 0.4) is 0 Å². The summed E-state index contributed by atoms with van der Waals surface area (Å²) in [6, 6.07) is 17.2. The molecule has 0 radical (unpaired) electrons. The maximum atomic E-state index is 11.6. The van der Waals surface area contributed by atoms with Crippen LogP contribution in [0.25, 0.3) is 0 Å². The molecule has 0 fully saturated rings. The van der Waals surface area contributed by atoms with Gasteiger partial charge in [-0.2, -0.15) is 5.10 Å². The molecule has 1 amide bonds. The number of hydrogen-bond donors (Lipinski definition) is 1. The third kappa shape index (κ3) is 6.22. The third-order valence-corrected chi connectivity index (χ3v) is 3.11. The quantitative estimate of drug-likeness (QED) is 0.602. The van der Waals surface area contributed by atoms with Gasteiger partial charge in [-0.25, -0.2) is 5.43 Å². The minimum Gasteiger partial charge on any atom is -0.497 e. The molecule has 2 aromatic rings. The van der Waals surface area contributed by atoms with Gasteiger partial charge in [-0.05, 0) is 42.7 Å². The molecule has 0 saturated heterocycles. The highest BCUT2D eigenvalue weighted by Crippen LogP contribution is 2.16. The molecule has 0 aliphatic heterocycles. The first-order valence-corrected chi connectivity index (χ1v) is 7.39. The van der Waals surface area contributed by atoms with Gasteiger partial charge >= 0.3 is 0 Å². The SMILES string of the molecule is COc1ccc(OCC(=O)N/N=C/CCc2ccccc2)cc1. The average Bonchev–Trinajstić information content (AvgIpc) is 2.61. The summed E-state index contributed by atoms with van der Waals surface area (Å²) in [4.78, 5) is 11.6. The first-order valence-electron chi connectivity index (χ1n) is 7.39. The number of methoxy groups -OCH3 is 1. The Hall–Kier alpha value is -2.82. The summed E-state index contributed by atoms with van der Waals surface area (Å²) in [5.74, 6) is 1.05. The van der Waals surface area contributed by atoms with Crippen LogP contribution in [0.2, 0.25) is 0 Å². The lowest BCUT2D eigenvalue weighted by Gasteiger charge is -2.05. The van der Waals surface area contributed by atoms with E-state index >= 15 is 0 Å². The predicted molar refractivity (Wildman–Crippen MR) is 89.9 cm³/mol.